The summed E-state index contributed by atoms with van der Waals surface area (Å²) in [6.07, 6.45) is 5.19. The van der Waals surface area contributed by atoms with E-state index in [0.717, 1.165) is 32.7 Å². The van der Waals surface area contributed by atoms with Gasteiger partial charge in [-0.1, -0.05) is 25.0 Å². The number of hydrogen-bond donors (Lipinski definition) is 1. The van der Waals surface area contributed by atoms with E-state index in [1.807, 2.05) is 0 Å². The molecule has 26 heavy (non-hydrogen) atoms. The smallest absolute Gasteiger partial charge is 0.239 e. The lowest BCUT2D eigenvalue weighted by Crippen LogP contribution is -2.61. The van der Waals surface area contributed by atoms with Gasteiger partial charge in [-0.3, -0.25) is 9.69 Å². The minimum atomic E-state index is -0.438. The Morgan fingerprint density at radius 1 is 1.12 bits per heavy atom. The topological polar surface area (TPSA) is 35.6 Å². The molecule has 1 aromatic carbocycles. The molecule has 1 saturated heterocycles. The van der Waals surface area contributed by atoms with Crippen LogP contribution in [0.4, 0.5) is 5.69 Å². The molecule has 0 atom stereocenters. The number of anilines is 1. The second kappa shape index (κ2) is 7.99. The van der Waals surface area contributed by atoms with Gasteiger partial charge in [-0.2, -0.15) is 0 Å². The van der Waals surface area contributed by atoms with E-state index < -0.39 is 5.54 Å². The predicted molar refractivity (Wildman–Crippen MR) is 109 cm³/mol. The molecule has 3 rings (SSSR count). The molecule has 4 nitrogen and oxygen atoms in total. The van der Waals surface area contributed by atoms with E-state index >= 15 is 0 Å². The van der Waals surface area contributed by atoms with Crippen molar-refractivity contribution in [3.8, 4) is 0 Å². The lowest BCUT2D eigenvalue weighted by Gasteiger charge is -2.44. The van der Waals surface area contributed by atoms with Crippen LogP contribution in [0.15, 0.2) is 18.2 Å². The largest absolute Gasteiger partial charge is 0.369 e. The second-order valence-corrected chi connectivity index (χ2v) is 8.61. The van der Waals surface area contributed by atoms with Gasteiger partial charge in [-0.25, -0.2) is 0 Å². The van der Waals surface area contributed by atoms with Crippen LogP contribution in [-0.2, 0) is 4.79 Å². The summed E-state index contributed by atoms with van der Waals surface area (Å²) in [5, 5.41) is 3.23. The van der Waals surface area contributed by atoms with Crippen molar-refractivity contribution in [3.63, 3.8) is 0 Å². The van der Waals surface area contributed by atoms with Crippen molar-refractivity contribution in [1.29, 1.82) is 0 Å². The van der Waals surface area contributed by atoms with E-state index in [2.05, 4.69) is 61.0 Å². The predicted octanol–water partition coefficient (Wildman–Crippen LogP) is 3.51. The van der Waals surface area contributed by atoms with Gasteiger partial charge in [-0.15, -0.1) is 0 Å². The molecule has 1 aliphatic heterocycles. The van der Waals surface area contributed by atoms with Crippen LogP contribution in [0.1, 0.15) is 50.7 Å². The molecular weight excluding hydrogens is 322 g/mol. The first kappa shape index (κ1) is 19.2. The molecule has 0 radical (unpaired) electrons. The van der Waals surface area contributed by atoms with Crippen molar-refractivity contribution in [2.24, 2.45) is 5.92 Å². The minimum absolute atomic E-state index is 0.185. The van der Waals surface area contributed by atoms with Gasteiger partial charge in [0.15, 0.2) is 0 Å². The number of carbonyl (C=O) groups excluding carboxylic acids is 1. The van der Waals surface area contributed by atoms with Crippen LogP contribution >= 0.6 is 0 Å². The Hall–Kier alpha value is -1.55. The zero-order chi connectivity index (χ0) is 18.7. The van der Waals surface area contributed by atoms with Gasteiger partial charge in [0.2, 0.25) is 5.91 Å². The normalized spacial score (nSPS) is 19.8. The Morgan fingerprint density at radius 3 is 2.42 bits per heavy atom. The highest BCUT2D eigenvalue weighted by Gasteiger charge is 2.36. The summed E-state index contributed by atoms with van der Waals surface area (Å²) in [6.45, 7) is 13.2. The van der Waals surface area contributed by atoms with Crippen LogP contribution in [0.2, 0.25) is 0 Å². The summed E-state index contributed by atoms with van der Waals surface area (Å²) in [4.78, 5) is 17.6. The Balaban J connectivity index is 1.55. The number of rotatable bonds is 5. The zero-order valence-electron chi connectivity index (χ0n) is 17.0. The van der Waals surface area contributed by atoms with E-state index in [9.17, 15) is 4.79 Å². The lowest BCUT2D eigenvalue weighted by molar-refractivity contribution is -0.132. The molecular formula is C22H35N3O. The van der Waals surface area contributed by atoms with Gasteiger partial charge in [-0.05, 0) is 63.6 Å². The first-order valence-electron chi connectivity index (χ1n) is 10.2. The van der Waals surface area contributed by atoms with Crippen LogP contribution in [0, 0.1) is 19.8 Å². The maximum absolute atomic E-state index is 12.8. The average Bonchev–Trinajstić information content (AvgIpc) is 3.15. The number of nitrogens with one attached hydrogen (secondary N) is 1. The molecule has 2 aliphatic rings. The number of hydrogen-bond acceptors (Lipinski definition) is 3. The number of aryl methyl sites for hydroxylation is 1. The fourth-order valence-electron chi connectivity index (χ4n) is 4.40. The maximum Gasteiger partial charge on any atom is 0.239 e. The van der Waals surface area contributed by atoms with E-state index in [-0.39, 0.29) is 5.91 Å². The highest BCUT2D eigenvalue weighted by Crippen LogP contribution is 2.27. The molecule has 1 aromatic rings. The fourth-order valence-corrected chi connectivity index (χ4v) is 4.40. The van der Waals surface area contributed by atoms with Crippen molar-refractivity contribution in [3.05, 3.63) is 29.3 Å². The molecule has 0 unspecified atom stereocenters. The summed E-state index contributed by atoms with van der Waals surface area (Å²) in [5.41, 5.74) is 3.62. The third-order valence-electron chi connectivity index (χ3n) is 6.57. The van der Waals surface area contributed by atoms with E-state index in [1.54, 1.807) is 0 Å². The minimum Gasteiger partial charge on any atom is -0.369 e. The van der Waals surface area contributed by atoms with Crippen molar-refractivity contribution < 1.29 is 4.79 Å². The number of piperazine rings is 1. The molecule has 0 spiro atoms. The molecule has 1 heterocycles. The standard InChI is InChI=1S/C22H35N3O/c1-17-8-7-11-20(18(17)2)24-12-14-25(15-13-24)22(3,4)21(26)23-16-19-9-5-6-10-19/h7-8,11,19H,5-6,9-10,12-16H2,1-4H3,(H,23,26). The van der Waals surface area contributed by atoms with Gasteiger partial charge < -0.3 is 10.2 Å². The Bertz CT molecular complexity index is 626. The number of nitrogens with zero attached hydrogens (tertiary/aromatic N) is 2. The average molecular weight is 358 g/mol. The van der Waals surface area contributed by atoms with Crippen LogP contribution in [0.25, 0.3) is 0 Å². The third-order valence-corrected chi connectivity index (χ3v) is 6.57. The molecule has 0 aromatic heterocycles. The summed E-state index contributed by atoms with van der Waals surface area (Å²) in [6, 6.07) is 6.54. The van der Waals surface area contributed by atoms with Crippen molar-refractivity contribution >= 4 is 11.6 Å². The molecule has 2 fully saturated rings. The molecule has 0 bridgehead atoms. The number of benzene rings is 1. The monoisotopic (exact) mass is 357 g/mol. The van der Waals surface area contributed by atoms with Gasteiger partial charge in [0.05, 0.1) is 5.54 Å². The Morgan fingerprint density at radius 2 is 1.77 bits per heavy atom. The molecule has 1 saturated carbocycles. The third kappa shape index (κ3) is 4.06. The second-order valence-electron chi connectivity index (χ2n) is 8.61. The van der Waals surface area contributed by atoms with Gasteiger partial charge >= 0.3 is 0 Å². The van der Waals surface area contributed by atoms with Crippen LogP contribution in [0.3, 0.4) is 0 Å². The SMILES string of the molecule is Cc1cccc(N2CCN(C(C)(C)C(=O)NCC3CCCC3)CC2)c1C. The molecule has 1 N–H and O–H groups in total. The van der Waals surface area contributed by atoms with Crippen molar-refractivity contribution in [2.75, 3.05) is 37.6 Å². The molecule has 4 heteroatoms. The lowest BCUT2D eigenvalue weighted by atomic mass is 9.99. The molecule has 144 valence electrons. The number of carbonyl (C=O) groups is 1. The van der Waals surface area contributed by atoms with E-state index in [1.165, 1.54) is 42.5 Å². The fraction of sp³-hybridized carbons (Fsp3) is 0.682. The summed E-state index contributed by atoms with van der Waals surface area (Å²) >= 11 is 0. The Labute approximate surface area is 158 Å². The highest BCUT2D eigenvalue weighted by atomic mass is 16.2. The van der Waals surface area contributed by atoms with Crippen LogP contribution < -0.4 is 10.2 Å². The van der Waals surface area contributed by atoms with Gasteiger partial charge in [0.25, 0.3) is 0 Å². The summed E-state index contributed by atoms with van der Waals surface area (Å²) < 4.78 is 0. The first-order chi connectivity index (χ1) is 12.4. The van der Waals surface area contributed by atoms with Crippen molar-refractivity contribution in [2.45, 2.75) is 58.9 Å². The number of amides is 1. The van der Waals surface area contributed by atoms with Gasteiger partial charge in [0, 0.05) is 38.4 Å². The molecule has 1 aliphatic carbocycles. The molecule has 1 amide bonds. The quantitative estimate of drug-likeness (QED) is 0.876. The van der Waals surface area contributed by atoms with Crippen molar-refractivity contribution in [1.82, 2.24) is 10.2 Å². The highest BCUT2D eigenvalue weighted by molar-refractivity contribution is 5.85. The Kier molecular flexibility index (Phi) is 5.91. The van der Waals surface area contributed by atoms with E-state index in [0.29, 0.717) is 5.92 Å². The van der Waals surface area contributed by atoms with E-state index in [4.69, 9.17) is 0 Å². The van der Waals surface area contributed by atoms with Crippen LogP contribution in [0.5, 0.6) is 0 Å². The summed E-state index contributed by atoms with van der Waals surface area (Å²) in [7, 11) is 0. The maximum atomic E-state index is 12.8. The zero-order valence-corrected chi connectivity index (χ0v) is 17.0. The van der Waals surface area contributed by atoms with Gasteiger partial charge in [0.1, 0.15) is 0 Å². The first-order valence-corrected chi connectivity index (χ1v) is 10.2. The summed E-state index contributed by atoms with van der Waals surface area (Å²) in [5.74, 6) is 0.875. The van der Waals surface area contributed by atoms with Crippen LogP contribution in [-0.4, -0.2) is 49.1 Å².